The van der Waals surface area contributed by atoms with E-state index in [1.807, 2.05) is 12.1 Å². The van der Waals surface area contributed by atoms with Gasteiger partial charge in [-0.25, -0.2) is 0 Å². The normalized spacial score (nSPS) is 33.9. The number of ketones is 1. The molecule has 1 aromatic rings. The van der Waals surface area contributed by atoms with Gasteiger partial charge in [0.05, 0.1) is 6.42 Å². The van der Waals surface area contributed by atoms with Gasteiger partial charge in [-0.3, -0.25) is 9.59 Å². The van der Waals surface area contributed by atoms with Crippen molar-refractivity contribution in [2.24, 2.45) is 23.2 Å². The van der Waals surface area contributed by atoms with Crippen LogP contribution >= 0.6 is 15.9 Å². The first-order chi connectivity index (χ1) is 11.9. The van der Waals surface area contributed by atoms with Gasteiger partial charge in [0.1, 0.15) is 0 Å². The molecule has 4 fully saturated rings. The molecule has 134 valence electrons. The smallest absolute Gasteiger partial charge is 0.307 e. The van der Waals surface area contributed by atoms with Gasteiger partial charge in [0.25, 0.3) is 0 Å². The monoisotopic (exact) mass is 404 g/mol. The molecule has 0 saturated heterocycles. The second-order valence-corrected chi connectivity index (χ2v) is 9.51. The maximum absolute atomic E-state index is 12.5. The highest BCUT2D eigenvalue weighted by Crippen LogP contribution is 2.61. The van der Waals surface area contributed by atoms with Crippen molar-refractivity contribution in [3.8, 4) is 0 Å². The van der Waals surface area contributed by atoms with Crippen molar-refractivity contribution in [3.05, 3.63) is 34.3 Å². The van der Waals surface area contributed by atoms with Gasteiger partial charge in [0, 0.05) is 10.0 Å². The van der Waals surface area contributed by atoms with E-state index in [0.717, 1.165) is 22.2 Å². The molecule has 4 heteroatoms. The summed E-state index contributed by atoms with van der Waals surface area (Å²) in [6, 6.07) is 7.18. The molecule has 25 heavy (non-hydrogen) atoms. The van der Waals surface area contributed by atoms with Crippen LogP contribution in [0.2, 0.25) is 0 Å². The van der Waals surface area contributed by atoms with E-state index in [-0.39, 0.29) is 17.2 Å². The average molecular weight is 405 g/mol. The fourth-order valence-corrected chi connectivity index (χ4v) is 6.22. The zero-order chi connectivity index (χ0) is 17.6. The molecule has 1 aromatic carbocycles. The Morgan fingerprint density at radius 3 is 2.12 bits per heavy atom. The highest BCUT2D eigenvalue weighted by Gasteiger charge is 2.51. The Hall–Kier alpha value is -1.16. The van der Waals surface area contributed by atoms with Gasteiger partial charge in [-0.1, -0.05) is 28.1 Å². The summed E-state index contributed by atoms with van der Waals surface area (Å²) < 4.78 is 6.46. The summed E-state index contributed by atoms with van der Waals surface area (Å²) >= 11 is 3.36. The zero-order valence-corrected chi connectivity index (χ0v) is 16.3. The van der Waals surface area contributed by atoms with Crippen molar-refractivity contribution >= 4 is 27.7 Å². The second-order valence-electron chi connectivity index (χ2n) is 8.60. The molecule has 4 aliphatic rings. The molecule has 4 bridgehead atoms. The standard InChI is InChI=1S/C21H25BrO3/c1-13(20(24)17-2-4-18(22)5-3-17)25-19(23)12-21-9-14-6-15(10-21)8-16(7-14)11-21/h2-5,13-16H,6-12H2,1H3/t13-,14?,15?,16?,21?/m1/s1. The maximum Gasteiger partial charge on any atom is 0.307 e. The van der Waals surface area contributed by atoms with Gasteiger partial charge in [-0.05, 0) is 80.8 Å². The van der Waals surface area contributed by atoms with E-state index >= 15 is 0 Å². The molecule has 0 amide bonds. The van der Waals surface area contributed by atoms with Gasteiger partial charge >= 0.3 is 5.97 Å². The predicted molar refractivity (Wildman–Crippen MR) is 99.2 cm³/mol. The lowest BCUT2D eigenvalue weighted by Crippen LogP contribution is -2.47. The number of rotatable bonds is 5. The summed E-state index contributed by atoms with van der Waals surface area (Å²) in [5.41, 5.74) is 0.741. The molecule has 1 atom stereocenters. The Balaban J connectivity index is 1.37. The molecule has 0 aliphatic heterocycles. The van der Waals surface area contributed by atoms with E-state index in [9.17, 15) is 9.59 Å². The Bertz CT molecular complexity index is 644. The van der Waals surface area contributed by atoms with Crippen LogP contribution < -0.4 is 0 Å². The molecule has 0 radical (unpaired) electrons. The van der Waals surface area contributed by atoms with Crippen molar-refractivity contribution < 1.29 is 14.3 Å². The lowest BCUT2D eigenvalue weighted by atomic mass is 9.49. The molecule has 0 N–H and O–H groups in total. The number of hydrogen-bond acceptors (Lipinski definition) is 3. The average Bonchev–Trinajstić information content (AvgIpc) is 2.52. The fourth-order valence-electron chi connectivity index (χ4n) is 5.95. The molecule has 0 spiro atoms. The summed E-state index contributed by atoms with van der Waals surface area (Å²) in [7, 11) is 0. The first-order valence-corrected chi connectivity index (χ1v) is 10.2. The minimum absolute atomic E-state index is 0.133. The Labute approximate surface area is 157 Å². The van der Waals surface area contributed by atoms with Crippen LogP contribution in [-0.2, 0) is 9.53 Å². The molecule has 4 aliphatic carbocycles. The van der Waals surface area contributed by atoms with E-state index in [1.165, 1.54) is 38.5 Å². The summed E-state index contributed by atoms with van der Waals surface area (Å²) in [5, 5.41) is 0. The van der Waals surface area contributed by atoms with Gasteiger partial charge < -0.3 is 4.74 Å². The van der Waals surface area contributed by atoms with Gasteiger partial charge in [-0.2, -0.15) is 0 Å². The Morgan fingerprint density at radius 2 is 1.60 bits per heavy atom. The number of carbonyl (C=O) groups is 2. The third kappa shape index (κ3) is 3.55. The SMILES string of the molecule is C[C@@H](OC(=O)CC12CC3CC(CC(C3)C1)C2)C(=O)c1ccc(Br)cc1. The molecule has 0 unspecified atom stereocenters. The van der Waals surface area contributed by atoms with E-state index in [4.69, 9.17) is 4.74 Å². The number of Topliss-reactive ketones (excluding diaryl/α,β-unsaturated/α-hetero) is 1. The largest absolute Gasteiger partial charge is 0.454 e. The van der Waals surface area contributed by atoms with E-state index < -0.39 is 6.10 Å². The second kappa shape index (κ2) is 6.53. The zero-order valence-electron chi connectivity index (χ0n) is 14.7. The van der Waals surface area contributed by atoms with Crippen molar-refractivity contribution in [2.45, 2.75) is 58.0 Å². The Kier molecular flexibility index (Phi) is 4.51. The lowest BCUT2D eigenvalue weighted by Gasteiger charge is -2.56. The number of esters is 1. The van der Waals surface area contributed by atoms with Gasteiger partial charge in [0.2, 0.25) is 5.78 Å². The van der Waals surface area contributed by atoms with Crippen molar-refractivity contribution in [1.29, 1.82) is 0 Å². The summed E-state index contributed by atoms with van der Waals surface area (Å²) in [6.45, 7) is 1.68. The van der Waals surface area contributed by atoms with Crippen LogP contribution in [0.4, 0.5) is 0 Å². The number of halogens is 1. The molecule has 5 rings (SSSR count). The summed E-state index contributed by atoms with van der Waals surface area (Å²) in [6.07, 6.45) is 7.43. The van der Waals surface area contributed by atoms with Crippen LogP contribution in [0.15, 0.2) is 28.7 Å². The summed E-state index contributed by atoms with van der Waals surface area (Å²) in [5.74, 6) is 2.13. The third-order valence-electron chi connectivity index (χ3n) is 6.49. The first-order valence-electron chi connectivity index (χ1n) is 9.42. The number of ether oxygens (including phenoxy) is 1. The van der Waals surface area contributed by atoms with Crippen LogP contribution in [0.25, 0.3) is 0 Å². The topological polar surface area (TPSA) is 43.4 Å². The molecule has 0 heterocycles. The number of benzene rings is 1. The maximum atomic E-state index is 12.5. The van der Waals surface area contributed by atoms with Crippen LogP contribution in [0.5, 0.6) is 0 Å². The minimum Gasteiger partial charge on any atom is -0.454 e. The fraction of sp³-hybridized carbons (Fsp3) is 0.619. The molecular formula is C21H25BrO3. The first kappa shape index (κ1) is 17.3. The van der Waals surface area contributed by atoms with Crippen molar-refractivity contribution in [2.75, 3.05) is 0 Å². The number of hydrogen-bond donors (Lipinski definition) is 0. The van der Waals surface area contributed by atoms with Crippen molar-refractivity contribution in [1.82, 2.24) is 0 Å². The highest BCUT2D eigenvalue weighted by molar-refractivity contribution is 9.10. The molecule has 0 aromatic heterocycles. The van der Waals surface area contributed by atoms with Crippen LogP contribution in [0.1, 0.15) is 62.2 Å². The molecule has 3 nitrogen and oxygen atoms in total. The third-order valence-corrected chi connectivity index (χ3v) is 7.02. The summed E-state index contributed by atoms with van der Waals surface area (Å²) in [4.78, 5) is 25.0. The highest BCUT2D eigenvalue weighted by atomic mass is 79.9. The van der Waals surface area contributed by atoms with Crippen molar-refractivity contribution in [3.63, 3.8) is 0 Å². The van der Waals surface area contributed by atoms with Gasteiger partial charge in [0.15, 0.2) is 6.10 Å². The van der Waals surface area contributed by atoms with Crippen LogP contribution in [0.3, 0.4) is 0 Å². The minimum atomic E-state index is -0.720. The number of carbonyl (C=O) groups excluding carboxylic acids is 2. The molecule has 4 saturated carbocycles. The van der Waals surface area contributed by atoms with E-state index in [0.29, 0.717) is 12.0 Å². The van der Waals surface area contributed by atoms with E-state index in [1.54, 1.807) is 19.1 Å². The molecular weight excluding hydrogens is 380 g/mol. The predicted octanol–water partition coefficient (Wildman–Crippen LogP) is 5.17. The quantitative estimate of drug-likeness (QED) is 0.502. The van der Waals surface area contributed by atoms with Crippen LogP contribution in [-0.4, -0.2) is 17.9 Å². The van der Waals surface area contributed by atoms with Gasteiger partial charge in [-0.15, -0.1) is 0 Å². The Morgan fingerprint density at radius 1 is 1.08 bits per heavy atom. The van der Waals surface area contributed by atoms with E-state index in [2.05, 4.69) is 15.9 Å². The van der Waals surface area contributed by atoms with Crippen LogP contribution in [0, 0.1) is 23.2 Å². The lowest BCUT2D eigenvalue weighted by molar-refractivity contribution is -0.154.